The quantitative estimate of drug-likeness (QED) is 0.741. The van der Waals surface area contributed by atoms with E-state index in [1.807, 2.05) is 7.05 Å². The maximum atomic E-state index is 3.14. The molecule has 0 fully saturated rings. The van der Waals surface area contributed by atoms with Crippen molar-refractivity contribution in [3.63, 3.8) is 0 Å². The Balaban J connectivity index is 2.94. The lowest BCUT2D eigenvalue weighted by atomic mass is 10.1. The lowest BCUT2D eigenvalue weighted by Gasteiger charge is -2.04. The second-order valence-electron chi connectivity index (χ2n) is 3.13. The van der Waals surface area contributed by atoms with Crippen LogP contribution in [0.4, 0.5) is 5.69 Å². The lowest BCUT2D eigenvalue weighted by molar-refractivity contribution is 1.22. The summed E-state index contributed by atoms with van der Waals surface area (Å²) >= 11 is 0. The van der Waals surface area contributed by atoms with Crippen LogP contribution in [0.3, 0.4) is 0 Å². The van der Waals surface area contributed by atoms with Gasteiger partial charge in [-0.1, -0.05) is 25.1 Å². The Labute approximate surface area is 80.5 Å². The molecule has 0 saturated carbocycles. The van der Waals surface area contributed by atoms with E-state index < -0.39 is 0 Å². The van der Waals surface area contributed by atoms with E-state index in [0.717, 1.165) is 6.42 Å². The van der Waals surface area contributed by atoms with E-state index in [1.165, 1.54) is 16.8 Å². The van der Waals surface area contributed by atoms with E-state index in [2.05, 4.69) is 49.5 Å². The number of rotatable bonds is 3. The van der Waals surface area contributed by atoms with Gasteiger partial charge in [0.1, 0.15) is 0 Å². The number of allylic oxidation sites excluding steroid dienone is 2. The fraction of sp³-hybridized carbons (Fsp3) is 0.333. The van der Waals surface area contributed by atoms with Crippen molar-refractivity contribution >= 4 is 11.3 Å². The zero-order valence-corrected chi connectivity index (χ0v) is 8.59. The van der Waals surface area contributed by atoms with Crippen LogP contribution in [0.15, 0.2) is 30.3 Å². The highest BCUT2D eigenvalue weighted by atomic mass is 14.8. The number of benzene rings is 1. The Morgan fingerprint density at radius 3 is 2.85 bits per heavy atom. The molecule has 0 radical (unpaired) electrons. The molecule has 0 saturated heterocycles. The van der Waals surface area contributed by atoms with Crippen molar-refractivity contribution in [1.82, 2.24) is 0 Å². The van der Waals surface area contributed by atoms with Gasteiger partial charge in [0, 0.05) is 12.7 Å². The maximum Gasteiger partial charge on any atom is 0.0343 e. The molecule has 1 rings (SSSR count). The van der Waals surface area contributed by atoms with Crippen LogP contribution in [0.1, 0.15) is 25.8 Å². The Bertz CT molecular complexity index is 300. The molecular formula is C12H17N. The van der Waals surface area contributed by atoms with Gasteiger partial charge in [0.25, 0.3) is 0 Å². The van der Waals surface area contributed by atoms with E-state index in [1.54, 1.807) is 0 Å². The van der Waals surface area contributed by atoms with Gasteiger partial charge in [-0.25, -0.2) is 0 Å². The summed E-state index contributed by atoms with van der Waals surface area (Å²) in [6, 6.07) is 8.46. The summed E-state index contributed by atoms with van der Waals surface area (Å²) in [5.41, 5.74) is 3.81. The van der Waals surface area contributed by atoms with Gasteiger partial charge in [-0.2, -0.15) is 0 Å². The predicted molar refractivity (Wildman–Crippen MR) is 59.9 cm³/mol. The molecule has 0 aliphatic heterocycles. The van der Waals surface area contributed by atoms with Crippen LogP contribution in [-0.4, -0.2) is 7.05 Å². The second-order valence-corrected chi connectivity index (χ2v) is 3.13. The van der Waals surface area contributed by atoms with Crippen LogP contribution in [0.2, 0.25) is 0 Å². The Morgan fingerprint density at radius 1 is 1.46 bits per heavy atom. The summed E-state index contributed by atoms with van der Waals surface area (Å²) in [6.07, 6.45) is 3.34. The fourth-order valence-corrected chi connectivity index (χ4v) is 1.34. The summed E-state index contributed by atoms with van der Waals surface area (Å²) in [5.74, 6) is 0. The largest absolute Gasteiger partial charge is 0.388 e. The van der Waals surface area contributed by atoms with E-state index >= 15 is 0 Å². The Morgan fingerprint density at radius 2 is 2.23 bits per heavy atom. The first-order chi connectivity index (χ1) is 6.27. The zero-order valence-electron chi connectivity index (χ0n) is 8.59. The molecule has 0 bridgehead atoms. The first-order valence-electron chi connectivity index (χ1n) is 4.73. The summed E-state index contributed by atoms with van der Waals surface area (Å²) in [6.45, 7) is 4.31. The lowest BCUT2D eigenvalue weighted by Crippen LogP contribution is -1.88. The SMILES string of the molecule is CCC=C(C)c1cccc(NC)c1. The molecule has 0 aliphatic rings. The highest BCUT2D eigenvalue weighted by molar-refractivity contribution is 5.67. The second kappa shape index (κ2) is 4.70. The van der Waals surface area contributed by atoms with Crippen molar-refractivity contribution < 1.29 is 0 Å². The standard InChI is InChI=1S/C12H17N/c1-4-6-10(2)11-7-5-8-12(9-11)13-3/h5-9,13H,4H2,1-3H3. The molecule has 0 aromatic heterocycles. The summed E-state index contributed by atoms with van der Waals surface area (Å²) in [7, 11) is 1.94. The first kappa shape index (κ1) is 9.85. The van der Waals surface area contributed by atoms with Crippen molar-refractivity contribution in [2.45, 2.75) is 20.3 Å². The molecular weight excluding hydrogens is 158 g/mol. The Hall–Kier alpha value is -1.24. The van der Waals surface area contributed by atoms with Crippen molar-refractivity contribution in [1.29, 1.82) is 0 Å². The maximum absolute atomic E-state index is 3.14. The molecule has 70 valence electrons. The van der Waals surface area contributed by atoms with Crippen molar-refractivity contribution in [3.05, 3.63) is 35.9 Å². The van der Waals surface area contributed by atoms with Gasteiger partial charge in [-0.15, -0.1) is 0 Å². The minimum absolute atomic E-state index is 1.09. The van der Waals surface area contributed by atoms with Gasteiger partial charge in [0.15, 0.2) is 0 Å². The molecule has 1 N–H and O–H groups in total. The van der Waals surface area contributed by atoms with Gasteiger partial charge in [-0.05, 0) is 36.6 Å². The molecule has 1 nitrogen and oxygen atoms in total. The number of hydrogen-bond acceptors (Lipinski definition) is 1. The monoisotopic (exact) mass is 175 g/mol. The van der Waals surface area contributed by atoms with E-state index in [4.69, 9.17) is 0 Å². The van der Waals surface area contributed by atoms with Crippen molar-refractivity contribution in [2.75, 3.05) is 12.4 Å². The first-order valence-corrected chi connectivity index (χ1v) is 4.73. The van der Waals surface area contributed by atoms with Gasteiger partial charge in [-0.3, -0.25) is 0 Å². The third-order valence-electron chi connectivity index (χ3n) is 2.12. The van der Waals surface area contributed by atoms with Crippen LogP contribution in [-0.2, 0) is 0 Å². The van der Waals surface area contributed by atoms with Gasteiger partial charge < -0.3 is 5.32 Å². The van der Waals surface area contributed by atoms with Gasteiger partial charge in [0.2, 0.25) is 0 Å². The summed E-state index contributed by atoms with van der Waals surface area (Å²) in [5, 5.41) is 3.14. The molecule has 1 aromatic rings. The third-order valence-corrected chi connectivity index (χ3v) is 2.12. The van der Waals surface area contributed by atoms with E-state index in [0.29, 0.717) is 0 Å². The van der Waals surface area contributed by atoms with E-state index in [-0.39, 0.29) is 0 Å². The van der Waals surface area contributed by atoms with Gasteiger partial charge in [0.05, 0.1) is 0 Å². The average Bonchev–Trinajstić information content (AvgIpc) is 2.18. The van der Waals surface area contributed by atoms with Crippen LogP contribution in [0.25, 0.3) is 5.57 Å². The van der Waals surface area contributed by atoms with Gasteiger partial charge >= 0.3 is 0 Å². The molecule has 0 amide bonds. The average molecular weight is 175 g/mol. The summed E-state index contributed by atoms with van der Waals surface area (Å²) in [4.78, 5) is 0. The number of anilines is 1. The fourth-order valence-electron chi connectivity index (χ4n) is 1.34. The van der Waals surface area contributed by atoms with E-state index in [9.17, 15) is 0 Å². The molecule has 0 unspecified atom stereocenters. The predicted octanol–water partition coefficient (Wildman–Crippen LogP) is 3.54. The van der Waals surface area contributed by atoms with Crippen LogP contribution in [0.5, 0.6) is 0 Å². The molecule has 1 aromatic carbocycles. The van der Waals surface area contributed by atoms with Crippen LogP contribution < -0.4 is 5.32 Å². The molecule has 0 atom stereocenters. The molecule has 13 heavy (non-hydrogen) atoms. The highest BCUT2D eigenvalue weighted by Gasteiger charge is 1.95. The van der Waals surface area contributed by atoms with Crippen molar-refractivity contribution in [2.24, 2.45) is 0 Å². The molecule has 1 heteroatoms. The number of hydrogen-bond donors (Lipinski definition) is 1. The third kappa shape index (κ3) is 2.62. The summed E-state index contributed by atoms with van der Waals surface area (Å²) < 4.78 is 0. The Kier molecular flexibility index (Phi) is 3.56. The number of nitrogens with one attached hydrogen (secondary N) is 1. The topological polar surface area (TPSA) is 12.0 Å². The van der Waals surface area contributed by atoms with Crippen LogP contribution >= 0.6 is 0 Å². The molecule has 0 heterocycles. The molecule has 0 aliphatic carbocycles. The minimum Gasteiger partial charge on any atom is -0.388 e. The van der Waals surface area contributed by atoms with Crippen LogP contribution in [0, 0.1) is 0 Å². The normalized spacial score (nSPS) is 11.5. The minimum atomic E-state index is 1.09. The zero-order chi connectivity index (χ0) is 9.68. The molecule has 0 spiro atoms. The van der Waals surface area contributed by atoms with Crippen molar-refractivity contribution in [3.8, 4) is 0 Å². The smallest absolute Gasteiger partial charge is 0.0343 e. The highest BCUT2D eigenvalue weighted by Crippen LogP contribution is 2.18.